The average Bonchev–Trinajstić information content (AvgIpc) is 3.17. The largest absolute Gasteiger partial charge is 0.340 e. The van der Waals surface area contributed by atoms with Crippen LogP contribution >= 0.6 is 0 Å². The Bertz CT molecular complexity index is 721. The van der Waals surface area contributed by atoms with Gasteiger partial charge >= 0.3 is 0 Å². The molecule has 1 amide bonds. The second-order valence-corrected chi connectivity index (χ2v) is 5.53. The second-order valence-electron chi connectivity index (χ2n) is 5.53. The molecule has 2 aromatic rings. The van der Waals surface area contributed by atoms with Crippen molar-refractivity contribution >= 4 is 16.9 Å². The Hall–Kier alpha value is -2.35. The molecule has 1 aliphatic rings. The number of carbonyl (C=O) groups excluding carboxylic acids is 1. The monoisotopic (exact) mass is 268 g/mol. The van der Waals surface area contributed by atoms with Crippen molar-refractivity contribution in [3.8, 4) is 6.07 Å². The van der Waals surface area contributed by atoms with Crippen LogP contribution in [-0.4, -0.2) is 27.4 Å². The van der Waals surface area contributed by atoms with Crippen molar-refractivity contribution in [3.63, 3.8) is 0 Å². The molecule has 20 heavy (non-hydrogen) atoms. The number of carbonyl (C=O) groups is 1. The molecule has 0 atom stereocenters. The zero-order valence-electron chi connectivity index (χ0n) is 11.6. The molecule has 5 heteroatoms. The first kappa shape index (κ1) is 12.7. The first-order valence-corrected chi connectivity index (χ1v) is 6.62. The molecule has 1 aromatic heterocycles. The smallest absolute Gasteiger partial charge is 0.243 e. The molecular weight excluding hydrogens is 252 g/mol. The van der Waals surface area contributed by atoms with Crippen molar-refractivity contribution in [1.82, 2.24) is 14.5 Å². The minimum Gasteiger partial charge on any atom is -0.340 e. The van der Waals surface area contributed by atoms with Crippen molar-refractivity contribution in [2.75, 3.05) is 7.05 Å². The standard InChI is InChI=1S/C15H16N4O/c1-18(14(20)15(9-16)5-6-15)8-11-3-4-13-12(7-11)17-10-19(13)2/h3-4,7,10H,5-6,8H2,1-2H3. The minimum absolute atomic E-state index is 0.0684. The molecular formula is C15H16N4O. The summed E-state index contributed by atoms with van der Waals surface area (Å²) in [5, 5.41) is 9.08. The van der Waals surface area contributed by atoms with Crippen LogP contribution in [0.25, 0.3) is 11.0 Å². The zero-order valence-corrected chi connectivity index (χ0v) is 11.6. The molecule has 0 unspecified atom stereocenters. The van der Waals surface area contributed by atoms with Crippen LogP contribution in [0.3, 0.4) is 0 Å². The number of benzene rings is 1. The highest BCUT2D eigenvalue weighted by molar-refractivity contribution is 5.88. The highest BCUT2D eigenvalue weighted by atomic mass is 16.2. The molecule has 0 saturated heterocycles. The van der Waals surface area contributed by atoms with Gasteiger partial charge in [0.05, 0.1) is 23.4 Å². The Labute approximate surface area is 117 Å². The van der Waals surface area contributed by atoms with Gasteiger partial charge < -0.3 is 9.47 Å². The highest BCUT2D eigenvalue weighted by Gasteiger charge is 2.51. The van der Waals surface area contributed by atoms with Crippen molar-refractivity contribution < 1.29 is 4.79 Å². The third-order valence-electron chi connectivity index (χ3n) is 3.93. The van der Waals surface area contributed by atoms with Crippen LogP contribution in [-0.2, 0) is 18.4 Å². The number of amides is 1. The van der Waals surface area contributed by atoms with Gasteiger partial charge in [0.2, 0.25) is 5.91 Å². The minimum atomic E-state index is -0.746. The summed E-state index contributed by atoms with van der Waals surface area (Å²) >= 11 is 0. The quantitative estimate of drug-likeness (QED) is 0.853. The first-order valence-electron chi connectivity index (χ1n) is 6.62. The molecule has 1 aliphatic carbocycles. The number of rotatable bonds is 3. The molecule has 1 heterocycles. The fourth-order valence-electron chi connectivity index (χ4n) is 2.49. The fourth-order valence-corrected chi connectivity index (χ4v) is 2.49. The van der Waals surface area contributed by atoms with E-state index in [1.807, 2.05) is 29.8 Å². The molecule has 0 N–H and O–H groups in total. The Kier molecular flexibility index (Phi) is 2.75. The maximum atomic E-state index is 12.2. The summed E-state index contributed by atoms with van der Waals surface area (Å²) in [5.41, 5.74) is 2.27. The average molecular weight is 268 g/mol. The first-order chi connectivity index (χ1) is 9.55. The summed E-state index contributed by atoms with van der Waals surface area (Å²) in [6, 6.07) is 8.14. The Morgan fingerprint density at radius 3 is 2.95 bits per heavy atom. The lowest BCUT2D eigenvalue weighted by Gasteiger charge is -2.19. The summed E-state index contributed by atoms with van der Waals surface area (Å²) in [5.74, 6) is -0.0684. The van der Waals surface area contributed by atoms with Gasteiger partial charge in [0.1, 0.15) is 5.41 Å². The zero-order chi connectivity index (χ0) is 14.3. The van der Waals surface area contributed by atoms with Crippen LogP contribution in [0, 0.1) is 16.7 Å². The molecule has 1 saturated carbocycles. The SMILES string of the molecule is CN(Cc1ccc2c(c1)ncn2C)C(=O)C1(C#N)CC1. The molecule has 0 spiro atoms. The summed E-state index contributed by atoms with van der Waals surface area (Å²) < 4.78 is 1.96. The van der Waals surface area contributed by atoms with E-state index in [0.29, 0.717) is 19.4 Å². The van der Waals surface area contributed by atoms with Gasteiger partial charge in [-0.1, -0.05) is 6.07 Å². The van der Waals surface area contributed by atoms with E-state index in [-0.39, 0.29) is 5.91 Å². The van der Waals surface area contributed by atoms with Gasteiger partial charge in [-0.2, -0.15) is 5.26 Å². The number of imidazole rings is 1. The number of aryl methyl sites for hydroxylation is 1. The van der Waals surface area contributed by atoms with E-state index in [1.165, 1.54) is 0 Å². The van der Waals surface area contributed by atoms with Crippen molar-refractivity contribution in [1.29, 1.82) is 5.26 Å². The van der Waals surface area contributed by atoms with Gasteiger partial charge in [-0.15, -0.1) is 0 Å². The maximum Gasteiger partial charge on any atom is 0.243 e. The van der Waals surface area contributed by atoms with E-state index >= 15 is 0 Å². The van der Waals surface area contributed by atoms with Crippen LogP contribution < -0.4 is 0 Å². The van der Waals surface area contributed by atoms with Crippen LogP contribution in [0.5, 0.6) is 0 Å². The van der Waals surface area contributed by atoms with Gasteiger partial charge in [0.15, 0.2) is 0 Å². The third kappa shape index (κ3) is 1.94. The summed E-state index contributed by atoms with van der Waals surface area (Å²) in [6.45, 7) is 0.509. The molecule has 0 bridgehead atoms. The number of nitriles is 1. The Balaban J connectivity index is 1.79. The summed E-state index contributed by atoms with van der Waals surface area (Å²) in [6.07, 6.45) is 3.15. The molecule has 0 radical (unpaired) electrons. The van der Waals surface area contributed by atoms with E-state index < -0.39 is 5.41 Å². The maximum absolute atomic E-state index is 12.2. The van der Waals surface area contributed by atoms with Crippen molar-refractivity contribution in [2.45, 2.75) is 19.4 Å². The number of hydrogen-bond donors (Lipinski definition) is 0. The highest BCUT2D eigenvalue weighted by Crippen LogP contribution is 2.46. The lowest BCUT2D eigenvalue weighted by molar-refractivity contribution is -0.134. The molecule has 5 nitrogen and oxygen atoms in total. The Morgan fingerprint density at radius 1 is 1.55 bits per heavy atom. The summed E-state index contributed by atoms with van der Waals surface area (Å²) in [7, 11) is 3.71. The van der Waals surface area contributed by atoms with Crippen molar-refractivity contribution in [2.24, 2.45) is 12.5 Å². The lowest BCUT2D eigenvalue weighted by atomic mass is 10.1. The predicted molar refractivity (Wildman–Crippen MR) is 74.5 cm³/mol. The van der Waals surface area contributed by atoms with Gasteiger partial charge in [-0.3, -0.25) is 4.79 Å². The number of hydrogen-bond acceptors (Lipinski definition) is 3. The van der Waals surface area contributed by atoms with E-state index in [2.05, 4.69) is 11.1 Å². The Morgan fingerprint density at radius 2 is 2.30 bits per heavy atom. The van der Waals surface area contributed by atoms with Crippen LogP contribution in [0.15, 0.2) is 24.5 Å². The number of nitrogens with zero attached hydrogens (tertiary/aromatic N) is 4. The van der Waals surface area contributed by atoms with E-state index in [4.69, 9.17) is 5.26 Å². The fraction of sp³-hybridized carbons (Fsp3) is 0.400. The number of aromatic nitrogens is 2. The van der Waals surface area contributed by atoms with Gasteiger partial charge in [0.25, 0.3) is 0 Å². The van der Waals surface area contributed by atoms with E-state index in [9.17, 15) is 4.79 Å². The van der Waals surface area contributed by atoms with Gasteiger partial charge in [-0.05, 0) is 30.5 Å². The topological polar surface area (TPSA) is 61.9 Å². The van der Waals surface area contributed by atoms with Crippen LogP contribution in [0.1, 0.15) is 18.4 Å². The van der Waals surface area contributed by atoms with Crippen LogP contribution in [0.2, 0.25) is 0 Å². The molecule has 102 valence electrons. The van der Waals surface area contributed by atoms with E-state index in [1.54, 1.807) is 18.3 Å². The second kappa shape index (κ2) is 4.34. The number of fused-ring (bicyclic) bond motifs is 1. The van der Waals surface area contributed by atoms with Gasteiger partial charge in [-0.25, -0.2) is 4.98 Å². The van der Waals surface area contributed by atoms with Crippen LogP contribution in [0.4, 0.5) is 0 Å². The summed E-state index contributed by atoms with van der Waals surface area (Å²) in [4.78, 5) is 18.2. The lowest BCUT2D eigenvalue weighted by Crippen LogP contribution is -2.32. The van der Waals surface area contributed by atoms with Gasteiger partial charge in [0, 0.05) is 20.6 Å². The molecule has 3 rings (SSSR count). The van der Waals surface area contributed by atoms with E-state index in [0.717, 1.165) is 16.6 Å². The molecule has 1 fully saturated rings. The predicted octanol–water partition coefficient (Wildman–Crippen LogP) is 1.84. The molecule has 0 aliphatic heterocycles. The van der Waals surface area contributed by atoms with Crippen molar-refractivity contribution in [3.05, 3.63) is 30.1 Å². The molecule has 1 aromatic carbocycles. The third-order valence-corrected chi connectivity index (χ3v) is 3.93. The normalized spacial score (nSPS) is 15.8.